The van der Waals surface area contributed by atoms with Gasteiger partial charge < -0.3 is 5.32 Å². The molecule has 1 unspecified atom stereocenters. The second-order valence-electron chi connectivity index (χ2n) is 6.58. The van der Waals surface area contributed by atoms with Gasteiger partial charge in [0, 0.05) is 16.6 Å². The Kier molecular flexibility index (Phi) is 6.84. The summed E-state index contributed by atoms with van der Waals surface area (Å²) >= 11 is 3.29. The summed E-state index contributed by atoms with van der Waals surface area (Å²) in [5, 5.41) is 2.96. The van der Waals surface area contributed by atoms with Gasteiger partial charge in [-0.25, -0.2) is 13.1 Å². The van der Waals surface area contributed by atoms with Crippen LogP contribution in [0, 0.1) is 0 Å². The first kappa shape index (κ1) is 21.2. The second kappa shape index (κ2) is 9.35. The van der Waals surface area contributed by atoms with Crippen molar-refractivity contribution in [3.63, 3.8) is 0 Å². The van der Waals surface area contributed by atoms with Gasteiger partial charge in [-0.1, -0.05) is 58.4 Å². The van der Waals surface area contributed by atoms with E-state index in [0.717, 1.165) is 15.6 Å². The predicted molar refractivity (Wildman–Crippen MR) is 117 cm³/mol. The molecule has 150 valence electrons. The zero-order valence-electron chi connectivity index (χ0n) is 15.8. The summed E-state index contributed by atoms with van der Waals surface area (Å²) in [6.07, 6.45) is 0. The standard InChI is InChI=1S/C22H21BrN2O3S/c1-16(18-5-3-2-4-6-18)25-22(26)19-9-7-17(8-10-19)15-24-29(27,28)21-13-11-20(23)12-14-21/h2-14,16,24H,15H2,1H3,(H,25,26). The molecule has 0 saturated heterocycles. The highest BCUT2D eigenvalue weighted by Crippen LogP contribution is 2.16. The fraction of sp³-hybridized carbons (Fsp3) is 0.136. The van der Waals surface area contributed by atoms with E-state index in [-0.39, 0.29) is 23.4 Å². The maximum atomic E-state index is 12.4. The number of sulfonamides is 1. The van der Waals surface area contributed by atoms with Crippen LogP contribution in [-0.2, 0) is 16.6 Å². The molecule has 0 bridgehead atoms. The molecule has 0 spiro atoms. The zero-order valence-corrected chi connectivity index (χ0v) is 18.2. The third kappa shape index (κ3) is 5.76. The van der Waals surface area contributed by atoms with Crippen molar-refractivity contribution in [3.05, 3.63) is 100 Å². The first-order valence-electron chi connectivity index (χ1n) is 9.05. The number of hydrogen-bond acceptors (Lipinski definition) is 3. The molecule has 5 nitrogen and oxygen atoms in total. The van der Waals surface area contributed by atoms with Crippen LogP contribution in [0.25, 0.3) is 0 Å². The predicted octanol–water partition coefficient (Wildman–Crippen LogP) is 4.42. The summed E-state index contributed by atoms with van der Waals surface area (Å²) in [5.41, 5.74) is 2.31. The van der Waals surface area contributed by atoms with Crippen molar-refractivity contribution < 1.29 is 13.2 Å². The van der Waals surface area contributed by atoms with Gasteiger partial charge in [0.05, 0.1) is 10.9 Å². The van der Waals surface area contributed by atoms with E-state index in [4.69, 9.17) is 0 Å². The minimum Gasteiger partial charge on any atom is -0.346 e. The van der Waals surface area contributed by atoms with E-state index in [1.165, 1.54) is 12.1 Å². The third-order valence-electron chi connectivity index (χ3n) is 4.45. The fourth-order valence-electron chi connectivity index (χ4n) is 2.75. The summed E-state index contributed by atoms with van der Waals surface area (Å²) in [4.78, 5) is 12.6. The molecule has 0 heterocycles. The smallest absolute Gasteiger partial charge is 0.251 e. The highest BCUT2D eigenvalue weighted by atomic mass is 79.9. The van der Waals surface area contributed by atoms with Crippen LogP contribution in [0.5, 0.6) is 0 Å². The Morgan fingerprint density at radius 1 is 0.931 bits per heavy atom. The number of amides is 1. The van der Waals surface area contributed by atoms with E-state index in [1.807, 2.05) is 37.3 Å². The van der Waals surface area contributed by atoms with E-state index in [2.05, 4.69) is 26.0 Å². The summed E-state index contributed by atoms with van der Waals surface area (Å²) in [7, 11) is -3.60. The van der Waals surface area contributed by atoms with Crippen molar-refractivity contribution in [2.45, 2.75) is 24.4 Å². The molecule has 0 fully saturated rings. The van der Waals surface area contributed by atoms with Crippen molar-refractivity contribution in [1.29, 1.82) is 0 Å². The maximum Gasteiger partial charge on any atom is 0.251 e. The van der Waals surface area contributed by atoms with Crippen molar-refractivity contribution in [2.75, 3.05) is 0 Å². The Morgan fingerprint density at radius 2 is 1.55 bits per heavy atom. The molecular weight excluding hydrogens is 452 g/mol. The molecule has 0 aliphatic heterocycles. The lowest BCUT2D eigenvalue weighted by atomic mass is 10.1. The first-order chi connectivity index (χ1) is 13.8. The largest absolute Gasteiger partial charge is 0.346 e. The summed E-state index contributed by atoms with van der Waals surface area (Å²) in [5.74, 6) is -0.177. The quantitative estimate of drug-likeness (QED) is 0.534. The zero-order chi connectivity index (χ0) is 20.9. The SMILES string of the molecule is CC(NC(=O)c1ccc(CNS(=O)(=O)c2ccc(Br)cc2)cc1)c1ccccc1. The van der Waals surface area contributed by atoms with Crippen LogP contribution in [0.2, 0.25) is 0 Å². The van der Waals surface area contributed by atoms with Crippen LogP contribution >= 0.6 is 15.9 Å². The molecular formula is C22H21BrN2O3S. The molecule has 0 aliphatic carbocycles. The van der Waals surface area contributed by atoms with Crippen LogP contribution in [-0.4, -0.2) is 14.3 Å². The van der Waals surface area contributed by atoms with Crippen LogP contribution in [0.4, 0.5) is 0 Å². The highest BCUT2D eigenvalue weighted by molar-refractivity contribution is 9.10. The van der Waals surface area contributed by atoms with Crippen molar-refractivity contribution >= 4 is 31.9 Å². The molecule has 1 amide bonds. The lowest BCUT2D eigenvalue weighted by molar-refractivity contribution is 0.0940. The van der Waals surface area contributed by atoms with Crippen LogP contribution in [0.15, 0.2) is 88.2 Å². The molecule has 3 aromatic rings. The number of carbonyl (C=O) groups excluding carboxylic acids is 1. The normalized spacial score (nSPS) is 12.3. The Balaban J connectivity index is 1.59. The maximum absolute atomic E-state index is 12.4. The Labute approximate surface area is 179 Å². The van der Waals surface area contributed by atoms with Gasteiger partial charge in [0.1, 0.15) is 0 Å². The van der Waals surface area contributed by atoms with E-state index in [0.29, 0.717) is 5.56 Å². The van der Waals surface area contributed by atoms with Gasteiger partial charge in [-0.3, -0.25) is 4.79 Å². The summed E-state index contributed by atoms with van der Waals surface area (Å²) < 4.78 is 28.1. The molecule has 7 heteroatoms. The van der Waals surface area contributed by atoms with Gasteiger partial charge in [0.25, 0.3) is 5.91 Å². The average Bonchev–Trinajstić information content (AvgIpc) is 2.73. The van der Waals surface area contributed by atoms with Crippen molar-refractivity contribution in [3.8, 4) is 0 Å². The monoisotopic (exact) mass is 472 g/mol. The Hall–Kier alpha value is -2.48. The molecule has 1 atom stereocenters. The lowest BCUT2D eigenvalue weighted by Gasteiger charge is -2.14. The van der Waals surface area contributed by atoms with E-state index < -0.39 is 10.0 Å². The lowest BCUT2D eigenvalue weighted by Crippen LogP contribution is -2.26. The fourth-order valence-corrected chi connectivity index (χ4v) is 4.04. The van der Waals surface area contributed by atoms with Crippen LogP contribution < -0.4 is 10.0 Å². The molecule has 0 aliphatic rings. The highest BCUT2D eigenvalue weighted by Gasteiger charge is 2.14. The number of rotatable bonds is 7. The van der Waals surface area contributed by atoms with Gasteiger partial charge in [0.2, 0.25) is 10.0 Å². The average molecular weight is 473 g/mol. The molecule has 0 aromatic heterocycles. The minimum absolute atomic E-state index is 0.110. The second-order valence-corrected chi connectivity index (χ2v) is 9.26. The van der Waals surface area contributed by atoms with E-state index >= 15 is 0 Å². The van der Waals surface area contributed by atoms with Crippen molar-refractivity contribution in [1.82, 2.24) is 10.0 Å². The van der Waals surface area contributed by atoms with E-state index in [1.54, 1.807) is 36.4 Å². The Morgan fingerprint density at radius 3 is 2.17 bits per heavy atom. The molecule has 3 rings (SSSR count). The molecule has 0 saturated carbocycles. The van der Waals surface area contributed by atoms with E-state index in [9.17, 15) is 13.2 Å². The third-order valence-corrected chi connectivity index (χ3v) is 6.40. The Bertz CT molecular complexity index is 1070. The molecule has 3 aromatic carbocycles. The summed E-state index contributed by atoms with van der Waals surface area (Å²) in [6, 6.07) is 22.9. The van der Waals surface area contributed by atoms with Gasteiger partial charge in [-0.2, -0.15) is 0 Å². The number of carbonyl (C=O) groups is 1. The van der Waals surface area contributed by atoms with Crippen LogP contribution in [0.3, 0.4) is 0 Å². The van der Waals surface area contributed by atoms with Gasteiger partial charge >= 0.3 is 0 Å². The van der Waals surface area contributed by atoms with Gasteiger partial charge in [0.15, 0.2) is 0 Å². The molecule has 29 heavy (non-hydrogen) atoms. The van der Waals surface area contributed by atoms with Crippen LogP contribution in [0.1, 0.15) is 34.5 Å². The number of benzene rings is 3. The minimum atomic E-state index is -3.60. The number of hydrogen-bond donors (Lipinski definition) is 2. The number of halogens is 1. The first-order valence-corrected chi connectivity index (χ1v) is 11.3. The molecule has 2 N–H and O–H groups in total. The molecule has 0 radical (unpaired) electrons. The van der Waals surface area contributed by atoms with Gasteiger partial charge in [-0.05, 0) is 54.4 Å². The summed E-state index contributed by atoms with van der Waals surface area (Å²) in [6.45, 7) is 2.07. The topological polar surface area (TPSA) is 75.3 Å². The van der Waals surface area contributed by atoms with Crippen molar-refractivity contribution in [2.24, 2.45) is 0 Å². The van der Waals surface area contributed by atoms with Gasteiger partial charge in [-0.15, -0.1) is 0 Å². The number of nitrogens with one attached hydrogen (secondary N) is 2.